The first kappa shape index (κ1) is 25.9. The summed E-state index contributed by atoms with van der Waals surface area (Å²) in [6.07, 6.45) is 4.21. The van der Waals surface area contributed by atoms with Crippen LogP contribution in [-0.2, 0) is 0 Å². The number of rotatable bonds is 10. The van der Waals surface area contributed by atoms with Crippen molar-refractivity contribution >= 4 is 23.9 Å². The molecule has 174 valence electrons. The van der Waals surface area contributed by atoms with Crippen molar-refractivity contribution in [2.45, 2.75) is 65.8 Å². The number of nitrogens with zero attached hydrogens (tertiary/aromatic N) is 3. The van der Waals surface area contributed by atoms with Crippen molar-refractivity contribution in [1.82, 2.24) is 13.7 Å². The summed E-state index contributed by atoms with van der Waals surface area (Å²) in [6, 6.07) is 18.4. The maximum atomic E-state index is 13.7. The van der Waals surface area contributed by atoms with E-state index in [-0.39, 0.29) is 11.8 Å². The van der Waals surface area contributed by atoms with E-state index in [1.54, 1.807) is 33.7 Å². The van der Waals surface area contributed by atoms with Gasteiger partial charge in [-0.25, -0.2) is 9.31 Å². The molecular weight excluding hydrogens is 418 g/mol. The predicted octanol–water partition coefficient (Wildman–Crippen LogP) is 6.45. The van der Waals surface area contributed by atoms with E-state index in [4.69, 9.17) is 0 Å². The lowest BCUT2D eigenvalue weighted by Crippen LogP contribution is -2.56. The Balaban J connectivity index is 2.49. The van der Waals surface area contributed by atoms with Crippen LogP contribution in [0.15, 0.2) is 60.7 Å². The zero-order valence-electron chi connectivity index (χ0n) is 20.1. The van der Waals surface area contributed by atoms with Crippen LogP contribution in [-0.4, -0.2) is 44.2 Å². The van der Waals surface area contributed by atoms with Crippen LogP contribution < -0.4 is 0 Å². The Kier molecular flexibility index (Phi) is 10.3. The van der Waals surface area contributed by atoms with Gasteiger partial charge in [-0.3, -0.25) is 9.59 Å². The number of hydrazine groups is 1. The third-order valence-corrected chi connectivity index (χ3v) is 6.02. The van der Waals surface area contributed by atoms with Gasteiger partial charge in [0.1, 0.15) is 0 Å². The number of carbonyl (C=O) groups is 2. The first-order valence-corrected chi connectivity index (χ1v) is 12.2. The Morgan fingerprint density at radius 2 is 1.19 bits per heavy atom. The molecule has 2 amide bonds. The quantitative estimate of drug-likeness (QED) is 0.305. The Morgan fingerprint density at radius 1 is 0.750 bits per heavy atom. The van der Waals surface area contributed by atoms with Gasteiger partial charge in [0, 0.05) is 24.2 Å². The Labute approximate surface area is 198 Å². The predicted molar refractivity (Wildman–Crippen MR) is 134 cm³/mol. The van der Waals surface area contributed by atoms with Gasteiger partial charge in [-0.2, -0.15) is 4.41 Å². The van der Waals surface area contributed by atoms with E-state index < -0.39 is 5.54 Å². The molecule has 0 atom stereocenters. The van der Waals surface area contributed by atoms with Gasteiger partial charge in [0.15, 0.2) is 0 Å². The maximum absolute atomic E-state index is 13.7. The van der Waals surface area contributed by atoms with Crippen LogP contribution in [0, 0.1) is 0 Å². The Morgan fingerprint density at radius 3 is 1.59 bits per heavy atom. The first-order valence-electron chi connectivity index (χ1n) is 11.5. The molecule has 0 heterocycles. The van der Waals surface area contributed by atoms with Crippen LogP contribution in [0.1, 0.15) is 81.0 Å². The molecule has 0 aliphatic heterocycles. The summed E-state index contributed by atoms with van der Waals surface area (Å²) in [5.41, 5.74) is 0.509. The molecule has 0 spiro atoms. The monoisotopic (exact) mass is 455 g/mol. The number of unbranched alkanes of at least 4 members (excludes halogenated alkanes) is 2. The molecule has 0 aromatic heterocycles. The highest BCUT2D eigenvalue weighted by atomic mass is 32.2. The third-order valence-electron chi connectivity index (χ3n) is 4.94. The summed E-state index contributed by atoms with van der Waals surface area (Å²) in [7, 11) is 0. The lowest BCUT2D eigenvalue weighted by atomic mass is 10.1. The van der Waals surface area contributed by atoms with E-state index in [1.165, 1.54) is 12.1 Å². The molecule has 2 rings (SSSR count). The minimum Gasteiger partial charge on any atom is -0.267 e. The average molecular weight is 456 g/mol. The standard InChI is InChI=1S/C26H37N3O2S/c1-6-8-20-27(21-9-7-2)32-29(25(31)23-18-14-11-15-19-23)28(26(3,4)5)24(30)22-16-12-10-13-17-22/h10-19H,6-9,20-21H2,1-5H3. The molecule has 32 heavy (non-hydrogen) atoms. The first-order chi connectivity index (χ1) is 15.3. The molecule has 0 aliphatic carbocycles. The van der Waals surface area contributed by atoms with E-state index in [0.29, 0.717) is 11.1 Å². The molecule has 6 heteroatoms. The Hall–Kier alpha value is -2.31. The molecule has 0 bridgehead atoms. The van der Waals surface area contributed by atoms with Crippen molar-refractivity contribution in [3.63, 3.8) is 0 Å². The van der Waals surface area contributed by atoms with Gasteiger partial charge in [0.2, 0.25) is 0 Å². The summed E-state index contributed by atoms with van der Waals surface area (Å²) < 4.78 is 3.78. The van der Waals surface area contributed by atoms with Gasteiger partial charge >= 0.3 is 0 Å². The maximum Gasteiger partial charge on any atom is 0.284 e. The van der Waals surface area contributed by atoms with Gasteiger partial charge in [-0.05, 0) is 57.9 Å². The van der Waals surface area contributed by atoms with Crippen molar-refractivity contribution in [3.8, 4) is 0 Å². The van der Waals surface area contributed by atoms with Gasteiger partial charge in [0.25, 0.3) is 11.8 Å². The van der Waals surface area contributed by atoms with E-state index in [2.05, 4.69) is 18.2 Å². The summed E-state index contributed by atoms with van der Waals surface area (Å²) >= 11 is 1.35. The van der Waals surface area contributed by atoms with E-state index in [9.17, 15) is 9.59 Å². The summed E-state index contributed by atoms with van der Waals surface area (Å²) in [5, 5.41) is 1.60. The molecule has 2 aromatic rings. The second-order valence-corrected chi connectivity index (χ2v) is 9.84. The second-order valence-electron chi connectivity index (χ2n) is 8.82. The molecule has 0 unspecified atom stereocenters. The van der Waals surface area contributed by atoms with Gasteiger partial charge < -0.3 is 0 Å². The molecule has 2 aromatic carbocycles. The third kappa shape index (κ3) is 7.38. The normalized spacial score (nSPS) is 11.4. The minimum atomic E-state index is -0.606. The molecule has 0 saturated heterocycles. The van der Waals surface area contributed by atoms with Gasteiger partial charge in [-0.1, -0.05) is 63.1 Å². The number of hydrogen-bond donors (Lipinski definition) is 0. The largest absolute Gasteiger partial charge is 0.284 e. The lowest BCUT2D eigenvalue weighted by molar-refractivity contribution is -0.00159. The van der Waals surface area contributed by atoms with Crippen LogP contribution in [0.25, 0.3) is 0 Å². The van der Waals surface area contributed by atoms with Crippen molar-refractivity contribution in [2.75, 3.05) is 13.1 Å². The van der Waals surface area contributed by atoms with E-state index >= 15 is 0 Å². The van der Waals surface area contributed by atoms with E-state index in [0.717, 1.165) is 38.8 Å². The van der Waals surface area contributed by atoms with Crippen LogP contribution in [0.3, 0.4) is 0 Å². The number of benzene rings is 2. The highest BCUT2D eigenvalue weighted by Gasteiger charge is 2.38. The van der Waals surface area contributed by atoms with Crippen molar-refractivity contribution in [2.24, 2.45) is 0 Å². The molecular formula is C26H37N3O2S. The minimum absolute atomic E-state index is 0.194. The van der Waals surface area contributed by atoms with Crippen LogP contribution in [0.4, 0.5) is 0 Å². The number of amides is 2. The zero-order chi connectivity index (χ0) is 23.6. The molecule has 0 saturated carbocycles. The van der Waals surface area contributed by atoms with Gasteiger partial charge in [0.05, 0.1) is 17.7 Å². The topological polar surface area (TPSA) is 43.9 Å². The number of carbonyl (C=O) groups excluding carboxylic acids is 2. The lowest BCUT2D eigenvalue weighted by Gasteiger charge is -2.43. The summed E-state index contributed by atoms with van der Waals surface area (Å²) in [4.78, 5) is 27.4. The SMILES string of the molecule is CCCCN(CCCC)SN(C(=O)c1ccccc1)N(C(=O)c1ccccc1)C(C)(C)C. The molecule has 0 radical (unpaired) electrons. The fourth-order valence-electron chi connectivity index (χ4n) is 3.19. The molecule has 0 N–H and O–H groups in total. The van der Waals surface area contributed by atoms with Crippen LogP contribution in [0.5, 0.6) is 0 Å². The number of hydrogen-bond acceptors (Lipinski definition) is 4. The Bertz CT molecular complexity index is 829. The van der Waals surface area contributed by atoms with E-state index in [1.807, 2.05) is 57.2 Å². The van der Waals surface area contributed by atoms with Crippen molar-refractivity contribution in [1.29, 1.82) is 0 Å². The fraction of sp³-hybridized carbons (Fsp3) is 0.462. The molecule has 0 aliphatic rings. The fourth-order valence-corrected chi connectivity index (χ4v) is 4.40. The summed E-state index contributed by atoms with van der Waals surface area (Å²) in [6.45, 7) is 11.9. The highest BCUT2D eigenvalue weighted by Crippen LogP contribution is 2.30. The average Bonchev–Trinajstić information content (AvgIpc) is 2.79. The van der Waals surface area contributed by atoms with Gasteiger partial charge in [-0.15, -0.1) is 0 Å². The smallest absolute Gasteiger partial charge is 0.267 e. The van der Waals surface area contributed by atoms with Crippen molar-refractivity contribution < 1.29 is 9.59 Å². The van der Waals surface area contributed by atoms with Crippen LogP contribution in [0.2, 0.25) is 0 Å². The zero-order valence-corrected chi connectivity index (χ0v) is 20.9. The molecule has 0 fully saturated rings. The molecule has 5 nitrogen and oxygen atoms in total. The van der Waals surface area contributed by atoms with Crippen molar-refractivity contribution in [3.05, 3.63) is 71.8 Å². The highest BCUT2D eigenvalue weighted by molar-refractivity contribution is 7.95. The summed E-state index contributed by atoms with van der Waals surface area (Å²) in [5.74, 6) is -0.395. The second kappa shape index (κ2) is 12.7. The van der Waals surface area contributed by atoms with Crippen LogP contribution >= 0.6 is 12.1 Å².